The summed E-state index contributed by atoms with van der Waals surface area (Å²) >= 11 is 0. The molecule has 22 heavy (non-hydrogen) atoms. The Hall–Kier alpha value is -2.81. The van der Waals surface area contributed by atoms with Crippen molar-refractivity contribution < 1.29 is 0 Å². The number of aryl methyl sites for hydroxylation is 2. The summed E-state index contributed by atoms with van der Waals surface area (Å²) in [5.41, 5.74) is 5.03. The van der Waals surface area contributed by atoms with Crippen LogP contribution in [0.1, 0.15) is 11.4 Å². The Morgan fingerprint density at radius 1 is 0.591 bits per heavy atom. The smallest absolute Gasteiger partial charge is 0.0889 e. The van der Waals surface area contributed by atoms with Crippen molar-refractivity contribution in [2.24, 2.45) is 0 Å². The van der Waals surface area contributed by atoms with Gasteiger partial charge in [-0.2, -0.15) is 0 Å². The highest BCUT2D eigenvalue weighted by molar-refractivity contribution is 5.78. The van der Waals surface area contributed by atoms with Crippen molar-refractivity contribution in [3.8, 4) is 0 Å². The number of para-hydroxylation sites is 3. The van der Waals surface area contributed by atoms with Gasteiger partial charge in [0.15, 0.2) is 0 Å². The Morgan fingerprint density at radius 3 is 2.05 bits per heavy atom. The van der Waals surface area contributed by atoms with Crippen LogP contribution in [0.3, 0.4) is 0 Å². The van der Waals surface area contributed by atoms with E-state index in [0.717, 1.165) is 27.9 Å². The second-order valence-electron chi connectivity index (χ2n) is 5.15. The van der Waals surface area contributed by atoms with E-state index in [9.17, 15) is 0 Å². The topological polar surface area (TPSA) is 38.7 Å². The maximum absolute atomic E-state index is 4.38. The molecule has 0 radical (unpaired) electrons. The van der Waals surface area contributed by atoms with E-state index in [4.69, 9.17) is 0 Å². The molecule has 0 unspecified atom stereocenters. The van der Waals surface area contributed by atoms with Crippen LogP contribution in [0.4, 0.5) is 0 Å². The van der Waals surface area contributed by atoms with E-state index in [1.165, 1.54) is 5.39 Å². The van der Waals surface area contributed by atoms with Crippen LogP contribution >= 0.6 is 0 Å². The predicted octanol–water partition coefficient (Wildman–Crippen LogP) is 4.48. The maximum atomic E-state index is 4.38. The second-order valence-corrected chi connectivity index (χ2v) is 5.15. The van der Waals surface area contributed by atoms with E-state index >= 15 is 0 Å². The third-order valence-electron chi connectivity index (χ3n) is 3.31. The summed E-state index contributed by atoms with van der Waals surface area (Å²) in [7, 11) is 0. The summed E-state index contributed by atoms with van der Waals surface area (Å²) in [6, 6.07) is 20.1. The Labute approximate surface area is 129 Å². The van der Waals surface area contributed by atoms with E-state index in [0.29, 0.717) is 0 Å². The minimum absolute atomic E-state index is 0.957. The first-order valence-corrected chi connectivity index (χ1v) is 7.23. The molecule has 4 rings (SSSR count). The fourth-order valence-corrected chi connectivity index (χ4v) is 2.22. The molecule has 0 aliphatic rings. The van der Waals surface area contributed by atoms with E-state index in [1.54, 1.807) is 6.20 Å². The summed E-state index contributed by atoms with van der Waals surface area (Å²) in [5.74, 6) is 0. The van der Waals surface area contributed by atoms with Gasteiger partial charge in [0.1, 0.15) is 0 Å². The Kier molecular flexibility index (Phi) is 4.05. The number of aromatic nitrogens is 3. The lowest BCUT2D eigenvalue weighted by atomic mass is 10.2. The third-order valence-corrected chi connectivity index (χ3v) is 3.31. The zero-order valence-corrected chi connectivity index (χ0v) is 12.7. The van der Waals surface area contributed by atoms with Crippen LogP contribution in [0.25, 0.3) is 21.9 Å². The molecule has 0 spiro atoms. The molecule has 0 saturated carbocycles. The molecular formula is C19H17N3. The molecule has 0 amide bonds. The number of benzene rings is 2. The molecule has 3 heteroatoms. The SMILES string of the molecule is Cc1ccc2ccccc2n1.Cc1cnc2ccccc2n1. The first-order chi connectivity index (χ1) is 10.7. The average molecular weight is 287 g/mol. The Morgan fingerprint density at radius 2 is 1.23 bits per heavy atom. The van der Waals surface area contributed by atoms with Crippen molar-refractivity contribution in [3.05, 3.63) is 78.2 Å². The van der Waals surface area contributed by atoms with Crippen LogP contribution in [0.2, 0.25) is 0 Å². The Balaban J connectivity index is 0.000000131. The van der Waals surface area contributed by atoms with Gasteiger partial charge in [-0.1, -0.05) is 36.4 Å². The van der Waals surface area contributed by atoms with E-state index < -0.39 is 0 Å². The zero-order valence-electron chi connectivity index (χ0n) is 12.7. The lowest BCUT2D eigenvalue weighted by Crippen LogP contribution is -1.85. The first-order valence-electron chi connectivity index (χ1n) is 7.23. The molecule has 108 valence electrons. The molecule has 2 aromatic carbocycles. The van der Waals surface area contributed by atoms with Crippen LogP contribution in [0.5, 0.6) is 0 Å². The molecule has 2 aromatic heterocycles. The molecular weight excluding hydrogens is 270 g/mol. The molecule has 2 heterocycles. The van der Waals surface area contributed by atoms with E-state index in [2.05, 4.69) is 27.1 Å². The predicted molar refractivity (Wildman–Crippen MR) is 90.8 cm³/mol. The number of hydrogen-bond acceptors (Lipinski definition) is 3. The highest BCUT2D eigenvalue weighted by atomic mass is 14.8. The monoisotopic (exact) mass is 287 g/mol. The minimum Gasteiger partial charge on any atom is -0.253 e. The Bertz CT molecular complexity index is 839. The number of fused-ring (bicyclic) bond motifs is 2. The highest BCUT2D eigenvalue weighted by Gasteiger charge is 1.92. The highest BCUT2D eigenvalue weighted by Crippen LogP contribution is 2.10. The molecule has 0 saturated heterocycles. The van der Waals surface area contributed by atoms with Crippen LogP contribution in [0.15, 0.2) is 66.9 Å². The molecule has 0 N–H and O–H groups in total. The van der Waals surface area contributed by atoms with Crippen molar-refractivity contribution in [2.75, 3.05) is 0 Å². The van der Waals surface area contributed by atoms with Gasteiger partial charge in [0.25, 0.3) is 0 Å². The quantitative estimate of drug-likeness (QED) is 0.478. The van der Waals surface area contributed by atoms with Gasteiger partial charge in [-0.3, -0.25) is 9.97 Å². The van der Waals surface area contributed by atoms with Crippen molar-refractivity contribution in [2.45, 2.75) is 13.8 Å². The number of rotatable bonds is 0. The lowest BCUT2D eigenvalue weighted by molar-refractivity contribution is 1.19. The van der Waals surface area contributed by atoms with Gasteiger partial charge >= 0.3 is 0 Å². The van der Waals surface area contributed by atoms with Crippen LogP contribution < -0.4 is 0 Å². The maximum Gasteiger partial charge on any atom is 0.0889 e. The van der Waals surface area contributed by atoms with E-state index in [1.807, 2.05) is 62.4 Å². The number of hydrogen-bond donors (Lipinski definition) is 0. The van der Waals surface area contributed by atoms with Gasteiger partial charge in [0.2, 0.25) is 0 Å². The number of nitrogens with zero attached hydrogens (tertiary/aromatic N) is 3. The molecule has 0 aliphatic heterocycles. The molecule has 0 atom stereocenters. The van der Waals surface area contributed by atoms with Crippen LogP contribution in [-0.4, -0.2) is 15.0 Å². The minimum atomic E-state index is 0.957. The summed E-state index contributed by atoms with van der Waals surface area (Å²) < 4.78 is 0. The first kappa shape index (κ1) is 14.1. The fourth-order valence-electron chi connectivity index (χ4n) is 2.22. The van der Waals surface area contributed by atoms with Crippen LogP contribution in [-0.2, 0) is 0 Å². The zero-order chi connectivity index (χ0) is 15.4. The molecule has 0 bridgehead atoms. The largest absolute Gasteiger partial charge is 0.253 e. The second kappa shape index (κ2) is 6.31. The molecule has 3 nitrogen and oxygen atoms in total. The van der Waals surface area contributed by atoms with Crippen molar-refractivity contribution in [3.63, 3.8) is 0 Å². The molecule has 0 fully saturated rings. The van der Waals surface area contributed by atoms with Gasteiger partial charge in [-0.15, -0.1) is 0 Å². The van der Waals surface area contributed by atoms with Gasteiger partial charge in [-0.25, -0.2) is 4.98 Å². The van der Waals surface area contributed by atoms with E-state index in [-0.39, 0.29) is 0 Å². The van der Waals surface area contributed by atoms with Crippen molar-refractivity contribution >= 4 is 21.9 Å². The van der Waals surface area contributed by atoms with Gasteiger partial charge in [0, 0.05) is 17.3 Å². The fraction of sp³-hybridized carbons (Fsp3) is 0.105. The third kappa shape index (κ3) is 3.26. The lowest BCUT2D eigenvalue weighted by Gasteiger charge is -1.95. The van der Waals surface area contributed by atoms with Crippen molar-refractivity contribution in [1.29, 1.82) is 0 Å². The summed E-state index contributed by atoms with van der Waals surface area (Å²) in [4.78, 5) is 12.9. The van der Waals surface area contributed by atoms with Crippen LogP contribution in [0, 0.1) is 13.8 Å². The molecule has 0 aliphatic carbocycles. The van der Waals surface area contributed by atoms with Gasteiger partial charge in [-0.05, 0) is 38.1 Å². The summed E-state index contributed by atoms with van der Waals surface area (Å²) in [6.45, 7) is 3.95. The summed E-state index contributed by atoms with van der Waals surface area (Å²) in [5, 5.41) is 1.21. The number of pyridine rings is 1. The molecule has 4 aromatic rings. The normalized spacial score (nSPS) is 10.3. The average Bonchev–Trinajstić information content (AvgIpc) is 2.55. The summed E-state index contributed by atoms with van der Waals surface area (Å²) in [6.07, 6.45) is 1.78. The standard InChI is InChI=1S/C10H9N.C9H8N2/c1-8-6-7-9-4-2-3-5-10(9)11-8;1-7-6-10-8-4-2-3-5-9(8)11-7/h2-7H,1H3;2-6H,1H3. The van der Waals surface area contributed by atoms with Crippen molar-refractivity contribution in [1.82, 2.24) is 15.0 Å². The van der Waals surface area contributed by atoms with Gasteiger partial charge < -0.3 is 0 Å². The van der Waals surface area contributed by atoms with Gasteiger partial charge in [0.05, 0.1) is 22.2 Å².